The zero-order chi connectivity index (χ0) is 40.7. The third kappa shape index (κ3) is 5.40. The van der Waals surface area contributed by atoms with Crippen molar-refractivity contribution < 1.29 is 4.42 Å². The predicted octanol–water partition coefficient (Wildman–Crippen LogP) is 15.5. The minimum Gasteiger partial charge on any atom is -0.455 e. The lowest BCUT2D eigenvalue weighted by Crippen LogP contribution is -1.96. The highest BCUT2D eigenvalue weighted by Gasteiger charge is 2.20. The summed E-state index contributed by atoms with van der Waals surface area (Å²) in [7, 11) is 0. The molecule has 0 aliphatic carbocycles. The lowest BCUT2D eigenvalue weighted by molar-refractivity contribution is 0.670. The zero-order valence-corrected chi connectivity index (χ0v) is 33.5. The van der Waals surface area contributed by atoms with Gasteiger partial charge >= 0.3 is 0 Å². The van der Waals surface area contributed by atoms with Gasteiger partial charge in [-0.05, 0) is 64.2 Å². The Labute approximate surface area is 357 Å². The molecule has 0 spiro atoms. The van der Waals surface area contributed by atoms with Crippen molar-refractivity contribution in [3.63, 3.8) is 0 Å². The molecule has 9 aromatic carbocycles. The third-order valence-electron chi connectivity index (χ3n) is 12.5. The normalized spacial score (nSPS) is 11.9. The van der Waals surface area contributed by atoms with Crippen molar-refractivity contribution in [2.75, 3.05) is 0 Å². The molecule has 0 bridgehead atoms. The van der Waals surface area contributed by atoms with Crippen molar-refractivity contribution >= 4 is 60.0 Å². The first-order chi connectivity index (χ1) is 30.7. The monoisotopic (exact) mass is 789 g/mol. The van der Waals surface area contributed by atoms with Crippen molar-refractivity contribution in [1.82, 2.24) is 14.4 Å². The number of hydrogen-bond acceptors (Lipinski definition) is 3. The van der Waals surface area contributed by atoms with Crippen molar-refractivity contribution in [2.24, 2.45) is 0 Å². The van der Waals surface area contributed by atoms with Crippen LogP contribution in [0.4, 0.5) is 0 Å². The van der Waals surface area contributed by atoms with Crippen LogP contribution in [0.3, 0.4) is 0 Å². The number of para-hydroxylation sites is 3. The van der Waals surface area contributed by atoms with E-state index in [1.165, 1.54) is 43.7 Å². The van der Waals surface area contributed by atoms with E-state index in [-0.39, 0.29) is 0 Å². The van der Waals surface area contributed by atoms with Crippen molar-refractivity contribution in [1.29, 1.82) is 0 Å². The van der Waals surface area contributed by atoms with Gasteiger partial charge in [-0.25, -0.2) is 9.97 Å². The Morgan fingerprint density at radius 3 is 1.55 bits per heavy atom. The molecule has 62 heavy (non-hydrogen) atoms. The first kappa shape index (κ1) is 34.5. The molecule has 0 atom stereocenters. The number of rotatable bonds is 6. The van der Waals surface area contributed by atoms with E-state index in [1.807, 2.05) is 30.3 Å². The minimum atomic E-state index is 0.709. The molecule has 4 aromatic heterocycles. The second kappa shape index (κ2) is 13.6. The van der Waals surface area contributed by atoms with Crippen molar-refractivity contribution in [3.8, 4) is 67.3 Å². The predicted molar refractivity (Wildman–Crippen MR) is 257 cm³/mol. The molecule has 0 saturated heterocycles. The van der Waals surface area contributed by atoms with Crippen molar-refractivity contribution in [3.05, 3.63) is 212 Å². The smallest absolute Gasteiger partial charge is 0.160 e. The summed E-state index contributed by atoms with van der Waals surface area (Å²) in [6.07, 6.45) is 0. The Balaban J connectivity index is 0.923. The maximum absolute atomic E-state index is 6.50. The van der Waals surface area contributed by atoms with Crippen LogP contribution < -0.4 is 0 Å². The molecule has 0 radical (unpaired) electrons. The molecule has 4 heterocycles. The first-order valence-corrected chi connectivity index (χ1v) is 21.1. The van der Waals surface area contributed by atoms with Gasteiger partial charge in [0.2, 0.25) is 0 Å². The highest BCUT2D eigenvalue weighted by Crippen LogP contribution is 2.43. The van der Waals surface area contributed by atoms with E-state index in [0.717, 1.165) is 77.8 Å². The average molecular weight is 790 g/mol. The standard InChI is InChI=1S/C58H35N3O/c1-3-13-36(14-4-1)51-35-52(60-58(59-51)37-15-5-2-6-16-37)43-20-10-19-40(32-43)38-17-9-18-39(31-38)41-27-29-45-48-23-12-24-49-46-30-28-42(34-54(46)61(56(48)49)53(45)33-41)44-22-11-25-50-47-21-7-8-26-55(47)62-57(44)50/h1-35H. The van der Waals surface area contributed by atoms with Gasteiger partial charge in [0.1, 0.15) is 11.2 Å². The summed E-state index contributed by atoms with van der Waals surface area (Å²) >= 11 is 0. The Bertz CT molecular complexity index is 3800. The van der Waals surface area contributed by atoms with Crippen LogP contribution in [0.15, 0.2) is 217 Å². The summed E-state index contributed by atoms with van der Waals surface area (Å²) in [6.45, 7) is 0. The van der Waals surface area contributed by atoms with E-state index in [9.17, 15) is 0 Å². The maximum atomic E-state index is 6.50. The van der Waals surface area contributed by atoms with E-state index >= 15 is 0 Å². The van der Waals surface area contributed by atoms with Crippen LogP contribution in [0.2, 0.25) is 0 Å². The van der Waals surface area contributed by atoms with Gasteiger partial charge in [-0.3, -0.25) is 0 Å². The summed E-state index contributed by atoms with van der Waals surface area (Å²) in [5.41, 5.74) is 17.2. The second-order valence-electron chi connectivity index (χ2n) is 16.1. The number of aromatic nitrogens is 3. The zero-order valence-electron chi connectivity index (χ0n) is 33.5. The van der Waals surface area contributed by atoms with E-state index in [0.29, 0.717) is 5.82 Å². The fourth-order valence-corrected chi connectivity index (χ4v) is 9.60. The molecule has 13 rings (SSSR count). The lowest BCUT2D eigenvalue weighted by Gasteiger charge is -2.11. The van der Waals surface area contributed by atoms with Crippen LogP contribution >= 0.6 is 0 Å². The number of furan rings is 1. The molecule has 0 saturated carbocycles. The Morgan fingerprint density at radius 1 is 0.323 bits per heavy atom. The molecule has 13 aromatic rings. The summed E-state index contributed by atoms with van der Waals surface area (Å²) in [4.78, 5) is 10.1. The Hall–Kier alpha value is -8.34. The number of hydrogen-bond donors (Lipinski definition) is 0. The quantitative estimate of drug-likeness (QED) is 0.168. The fourth-order valence-electron chi connectivity index (χ4n) is 9.60. The summed E-state index contributed by atoms with van der Waals surface area (Å²) < 4.78 is 8.97. The molecule has 4 heteroatoms. The van der Waals surface area contributed by atoms with Gasteiger partial charge in [-0.1, -0.05) is 176 Å². The van der Waals surface area contributed by atoms with Gasteiger partial charge < -0.3 is 8.82 Å². The summed E-state index contributed by atoms with van der Waals surface area (Å²) in [6, 6.07) is 75.5. The number of benzene rings is 9. The first-order valence-electron chi connectivity index (χ1n) is 21.1. The van der Waals surface area contributed by atoms with E-state index in [2.05, 4.69) is 186 Å². The molecule has 0 fully saturated rings. The van der Waals surface area contributed by atoms with Gasteiger partial charge in [0, 0.05) is 54.6 Å². The van der Waals surface area contributed by atoms with E-state index in [1.54, 1.807) is 0 Å². The summed E-state index contributed by atoms with van der Waals surface area (Å²) in [5, 5.41) is 7.30. The van der Waals surface area contributed by atoms with E-state index < -0.39 is 0 Å². The molecule has 0 aliphatic rings. The summed E-state index contributed by atoms with van der Waals surface area (Å²) in [5.74, 6) is 0.709. The number of nitrogens with zero attached hydrogens (tertiary/aromatic N) is 3. The maximum Gasteiger partial charge on any atom is 0.160 e. The van der Waals surface area contributed by atoms with Gasteiger partial charge in [-0.15, -0.1) is 0 Å². The largest absolute Gasteiger partial charge is 0.455 e. The van der Waals surface area contributed by atoms with Crippen LogP contribution in [-0.2, 0) is 0 Å². The van der Waals surface area contributed by atoms with Crippen LogP contribution in [0.25, 0.3) is 127 Å². The average Bonchev–Trinajstić information content (AvgIpc) is 4.01. The number of fused-ring (bicyclic) bond motifs is 9. The fraction of sp³-hybridized carbons (Fsp3) is 0. The highest BCUT2D eigenvalue weighted by molar-refractivity contribution is 6.24. The van der Waals surface area contributed by atoms with Crippen LogP contribution in [0.5, 0.6) is 0 Å². The lowest BCUT2D eigenvalue weighted by atomic mass is 9.96. The van der Waals surface area contributed by atoms with Crippen LogP contribution in [-0.4, -0.2) is 14.4 Å². The molecule has 0 N–H and O–H groups in total. The molecule has 0 aliphatic heterocycles. The topological polar surface area (TPSA) is 43.3 Å². The Kier molecular flexibility index (Phi) is 7.57. The minimum absolute atomic E-state index is 0.709. The van der Waals surface area contributed by atoms with Gasteiger partial charge in [0.15, 0.2) is 5.82 Å². The second-order valence-corrected chi connectivity index (χ2v) is 16.1. The molecule has 288 valence electrons. The van der Waals surface area contributed by atoms with E-state index in [4.69, 9.17) is 14.4 Å². The van der Waals surface area contributed by atoms with Gasteiger partial charge in [0.05, 0.1) is 27.9 Å². The van der Waals surface area contributed by atoms with Crippen LogP contribution in [0.1, 0.15) is 0 Å². The van der Waals surface area contributed by atoms with Crippen LogP contribution in [0, 0.1) is 0 Å². The molecule has 0 amide bonds. The molecule has 4 nitrogen and oxygen atoms in total. The molecule has 0 unspecified atom stereocenters. The van der Waals surface area contributed by atoms with Gasteiger partial charge in [0.25, 0.3) is 0 Å². The SMILES string of the molecule is c1ccc(-c2cc(-c3cccc(-c4cccc(-c5ccc6c7cccc8c9ccc(-c%10cccc%11c%10oc%10ccccc%10%11)cc9n(c6c5)c78)c4)c3)nc(-c3ccccc3)n2)cc1. The van der Waals surface area contributed by atoms with Crippen molar-refractivity contribution in [2.45, 2.75) is 0 Å². The highest BCUT2D eigenvalue weighted by atomic mass is 16.3. The molecular formula is C58H35N3O. The van der Waals surface area contributed by atoms with Gasteiger partial charge in [-0.2, -0.15) is 0 Å². The molecular weight excluding hydrogens is 755 g/mol. The third-order valence-corrected chi connectivity index (χ3v) is 12.5. The Morgan fingerprint density at radius 2 is 0.823 bits per heavy atom.